The van der Waals surface area contributed by atoms with E-state index in [2.05, 4.69) is 14.8 Å². The number of halogens is 1. The van der Waals surface area contributed by atoms with Crippen LogP contribution in [0.1, 0.15) is 18.4 Å². The van der Waals surface area contributed by atoms with Gasteiger partial charge in [0.1, 0.15) is 11.6 Å². The fraction of sp³-hybridized carbons (Fsp3) is 0.412. The first kappa shape index (κ1) is 15.7. The van der Waals surface area contributed by atoms with E-state index in [-0.39, 0.29) is 11.7 Å². The monoisotopic (exact) mass is 347 g/mol. The Balaban J connectivity index is 1.51. The first-order chi connectivity index (χ1) is 11.6. The maximum Gasteiger partial charge on any atom is 0.286 e. The second-order valence-corrected chi connectivity index (χ2v) is 7.30. The van der Waals surface area contributed by atoms with Crippen LogP contribution in [0.5, 0.6) is 5.75 Å². The van der Waals surface area contributed by atoms with Crippen molar-refractivity contribution in [3.63, 3.8) is 0 Å². The van der Waals surface area contributed by atoms with Crippen LogP contribution < -0.4 is 0 Å². The number of amidine groups is 1. The van der Waals surface area contributed by atoms with Gasteiger partial charge in [0.05, 0.1) is 4.91 Å². The number of benzene rings is 1. The summed E-state index contributed by atoms with van der Waals surface area (Å²) >= 11 is 1.30. The van der Waals surface area contributed by atoms with Crippen molar-refractivity contribution in [1.82, 2.24) is 9.80 Å². The molecule has 1 N–H and O–H groups in total. The third kappa shape index (κ3) is 2.93. The fourth-order valence-electron chi connectivity index (χ4n) is 3.48. The highest BCUT2D eigenvalue weighted by molar-refractivity contribution is 8.18. The normalized spacial score (nSPS) is 26.1. The van der Waals surface area contributed by atoms with Crippen molar-refractivity contribution in [1.29, 1.82) is 0 Å². The molecule has 126 valence electrons. The summed E-state index contributed by atoms with van der Waals surface area (Å²) in [5.41, 5.74) is 0.294. The van der Waals surface area contributed by atoms with Crippen molar-refractivity contribution >= 4 is 28.9 Å². The molecule has 5 nitrogen and oxygen atoms in total. The Kier molecular flexibility index (Phi) is 4.05. The lowest BCUT2D eigenvalue weighted by molar-refractivity contribution is -0.113. The lowest BCUT2D eigenvalue weighted by Gasteiger charge is -2.38. The smallest absolute Gasteiger partial charge is 0.286 e. The molecular formula is C17H18FN3O2S. The topological polar surface area (TPSA) is 56.1 Å². The number of phenolic OH excluding ortho intramolecular Hbond substituents is 1. The summed E-state index contributed by atoms with van der Waals surface area (Å²) in [6.45, 7) is 3.94. The molecule has 0 spiro atoms. The van der Waals surface area contributed by atoms with Gasteiger partial charge < -0.3 is 10.0 Å². The summed E-state index contributed by atoms with van der Waals surface area (Å²) < 4.78 is 13.3. The predicted octanol–water partition coefficient (Wildman–Crippen LogP) is 2.28. The van der Waals surface area contributed by atoms with Crippen molar-refractivity contribution in [2.75, 3.05) is 26.2 Å². The maximum absolute atomic E-state index is 13.3. The largest absolute Gasteiger partial charge is 0.507 e. The molecule has 0 aromatic heterocycles. The molecule has 0 saturated carbocycles. The van der Waals surface area contributed by atoms with Gasteiger partial charge in [0.25, 0.3) is 5.91 Å². The van der Waals surface area contributed by atoms with Gasteiger partial charge in [0.15, 0.2) is 5.17 Å². The molecule has 0 aliphatic carbocycles. The van der Waals surface area contributed by atoms with Gasteiger partial charge in [0, 0.05) is 31.2 Å². The second-order valence-electron chi connectivity index (χ2n) is 6.29. The van der Waals surface area contributed by atoms with Crippen LogP contribution in [-0.4, -0.2) is 58.2 Å². The van der Waals surface area contributed by atoms with Crippen LogP contribution in [0.25, 0.3) is 6.08 Å². The molecular weight excluding hydrogens is 329 g/mol. The van der Waals surface area contributed by atoms with Crippen molar-refractivity contribution in [3.05, 3.63) is 34.5 Å². The first-order valence-electron chi connectivity index (χ1n) is 8.10. The van der Waals surface area contributed by atoms with Crippen LogP contribution in [-0.2, 0) is 4.79 Å². The third-order valence-corrected chi connectivity index (χ3v) is 5.79. The van der Waals surface area contributed by atoms with Crippen LogP contribution in [0.3, 0.4) is 0 Å². The number of thioether (sulfide) groups is 1. The number of nitrogens with zero attached hydrogens (tertiary/aromatic N) is 3. The van der Waals surface area contributed by atoms with E-state index in [4.69, 9.17) is 0 Å². The number of rotatable bonds is 1. The van der Waals surface area contributed by atoms with Gasteiger partial charge in [-0.05, 0) is 55.4 Å². The van der Waals surface area contributed by atoms with Gasteiger partial charge in [-0.2, -0.15) is 4.99 Å². The Morgan fingerprint density at radius 1 is 1.33 bits per heavy atom. The zero-order valence-corrected chi connectivity index (χ0v) is 13.9. The van der Waals surface area contributed by atoms with Crippen LogP contribution >= 0.6 is 11.8 Å². The van der Waals surface area contributed by atoms with Crippen LogP contribution in [0, 0.1) is 5.82 Å². The summed E-state index contributed by atoms with van der Waals surface area (Å²) in [6.07, 6.45) is 3.94. The molecule has 3 aliphatic rings. The van der Waals surface area contributed by atoms with Gasteiger partial charge in [-0.1, -0.05) is 0 Å². The molecule has 1 atom stereocenters. The number of aliphatic imine (C=N–C) groups is 1. The van der Waals surface area contributed by atoms with E-state index in [1.807, 2.05) is 0 Å². The average molecular weight is 347 g/mol. The minimum Gasteiger partial charge on any atom is -0.507 e. The number of piperazine rings is 1. The number of hydrogen-bond donors (Lipinski definition) is 1. The van der Waals surface area contributed by atoms with Gasteiger partial charge >= 0.3 is 0 Å². The van der Waals surface area contributed by atoms with E-state index in [0.717, 1.165) is 19.6 Å². The summed E-state index contributed by atoms with van der Waals surface area (Å²) in [7, 11) is 0. The number of amides is 1. The first-order valence-corrected chi connectivity index (χ1v) is 8.92. The molecule has 0 unspecified atom stereocenters. The Bertz CT molecular complexity index is 749. The highest BCUT2D eigenvalue weighted by Crippen LogP contribution is 2.33. The average Bonchev–Trinajstić information content (AvgIpc) is 3.17. The Morgan fingerprint density at radius 3 is 3.08 bits per heavy atom. The predicted molar refractivity (Wildman–Crippen MR) is 92.2 cm³/mol. The Morgan fingerprint density at radius 2 is 2.21 bits per heavy atom. The molecule has 2 fully saturated rings. The number of phenols is 1. The van der Waals surface area contributed by atoms with E-state index >= 15 is 0 Å². The minimum atomic E-state index is -0.450. The number of carbonyl (C=O) groups is 1. The molecule has 3 aliphatic heterocycles. The summed E-state index contributed by atoms with van der Waals surface area (Å²) in [5, 5.41) is 10.5. The molecule has 4 rings (SSSR count). The molecule has 3 heterocycles. The van der Waals surface area contributed by atoms with Gasteiger partial charge in [-0.3, -0.25) is 9.69 Å². The lowest BCUT2D eigenvalue weighted by atomic mass is 10.2. The molecule has 24 heavy (non-hydrogen) atoms. The molecule has 0 bridgehead atoms. The van der Waals surface area contributed by atoms with Crippen LogP contribution in [0.15, 0.2) is 28.1 Å². The number of fused-ring (bicyclic) bond motifs is 1. The number of aromatic hydroxyl groups is 1. The zero-order valence-electron chi connectivity index (χ0n) is 13.1. The van der Waals surface area contributed by atoms with E-state index in [9.17, 15) is 14.3 Å². The van der Waals surface area contributed by atoms with Crippen LogP contribution in [0.4, 0.5) is 4.39 Å². The minimum absolute atomic E-state index is 0.0506. The van der Waals surface area contributed by atoms with Gasteiger partial charge in [0.2, 0.25) is 0 Å². The van der Waals surface area contributed by atoms with E-state index in [0.29, 0.717) is 21.7 Å². The highest BCUT2D eigenvalue weighted by Gasteiger charge is 2.34. The summed E-state index contributed by atoms with van der Waals surface area (Å²) in [6, 6.07) is 4.24. The van der Waals surface area contributed by atoms with E-state index in [1.54, 1.807) is 0 Å². The molecule has 1 aromatic rings. The van der Waals surface area contributed by atoms with Gasteiger partial charge in [-0.15, -0.1) is 0 Å². The number of carbonyl (C=O) groups excluding carboxylic acids is 1. The number of hydrogen-bond acceptors (Lipinski definition) is 5. The van der Waals surface area contributed by atoms with Crippen LogP contribution in [0.2, 0.25) is 0 Å². The highest BCUT2D eigenvalue weighted by atomic mass is 32.2. The molecule has 0 radical (unpaired) electrons. The SMILES string of the molecule is O=C1N=C(N2CCN3CCC[C@H]3C2)SC1=Cc1cc(F)ccc1O. The molecule has 1 amide bonds. The standard InChI is InChI=1S/C17H18FN3O2S/c18-12-3-4-14(22)11(8-12)9-15-16(23)19-17(24-15)21-7-6-20-5-1-2-13(20)10-21/h3-4,8-9,13,22H,1-2,5-7,10H2/t13-/m0/s1. The quantitative estimate of drug-likeness (QED) is 0.790. The maximum atomic E-state index is 13.3. The van der Waals surface area contributed by atoms with Crippen molar-refractivity contribution < 1.29 is 14.3 Å². The lowest BCUT2D eigenvalue weighted by Crippen LogP contribution is -2.51. The van der Waals surface area contributed by atoms with Crippen molar-refractivity contribution in [2.24, 2.45) is 4.99 Å². The Labute approximate surface area is 143 Å². The molecule has 2 saturated heterocycles. The molecule has 7 heteroatoms. The third-order valence-electron chi connectivity index (χ3n) is 4.74. The van der Waals surface area contributed by atoms with Crippen molar-refractivity contribution in [3.8, 4) is 5.75 Å². The van der Waals surface area contributed by atoms with E-state index < -0.39 is 5.82 Å². The van der Waals surface area contributed by atoms with Crippen molar-refractivity contribution in [2.45, 2.75) is 18.9 Å². The van der Waals surface area contributed by atoms with Gasteiger partial charge in [-0.25, -0.2) is 4.39 Å². The second kappa shape index (κ2) is 6.22. The summed E-state index contributed by atoms with van der Waals surface area (Å²) in [5.74, 6) is -0.827. The Hall–Kier alpha value is -1.86. The molecule has 1 aromatic carbocycles. The zero-order chi connectivity index (χ0) is 16.7. The summed E-state index contributed by atoms with van der Waals surface area (Å²) in [4.78, 5) is 21.4. The fourth-order valence-corrected chi connectivity index (χ4v) is 4.42. The van der Waals surface area contributed by atoms with E-state index in [1.165, 1.54) is 55.4 Å².